The van der Waals surface area contributed by atoms with Gasteiger partial charge < -0.3 is 10.4 Å². The maximum Gasteiger partial charge on any atom is 0.306 e. The summed E-state index contributed by atoms with van der Waals surface area (Å²) in [5, 5.41) is 12.2. The molecular formula is C11H23NO2. The van der Waals surface area contributed by atoms with Gasteiger partial charge in [-0.05, 0) is 39.2 Å². The number of rotatable bonds is 8. The van der Waals surface area contributed by atoms with Crippen molar-refractivity contribution < 1.29 is 9.90 Å². The van der Waals surface area contributed by atoms with Crippen LogP contribution in [0.15, 0.2) is 0 Å². The maximum absolute atomic E-state index is 10.7. The first kappa shape index (κ1) is 13.4. The Labute approximate surface area is 86.9 Å². The monoisotopic (exact) mass is 201 g/mol. The van der Waals surface area contributed by atoms with Crippen LogP contribution in [0.25, 0.3) is 0 Å². The molecule has 0 spiro atoms. The molecule has 0 aliphatic heterocycles. The molecule has 3 nitrogen and oxygen atoms in total. The average molecular weight is 201 g/mol. The number of nitrogens with one attached hydrogen (secondary N) is 1. The van der Waals surface area contributed by atoms with Crippen LogP contribution >= 0.6 is 0 Å². The molecule has 3 heteroatoms. The third-order valence-electron chi connectivity index (χ3n) is 2.53. The summed E-state index contributed by atoms with van der Waals surface area (Å²) >= 11 is 0. The second kappa shape index (κ2) is 7.80. The van der Waals surface area contributed by atoms with E-state index in [0.717, 1.165) is 32.2 Å². The Morgan fingerprint density at radius 2 is 2.00 bits per heavy atom. The second-order valence-electron chi connectivity index (χ2n) is 3.88. The Bertz CT molecular complexity index is 159. The number of hydrogen-bond donors (Lipinski definition) is 2. The molecule has 2 unspecified atom stereocenters. The largest absolute Gasteiger partial charge is 0.481 e. The second-order valence-corrected chi connectivity index (χ2v) is 3.88. The van der Waals surface area contributed by atoms with E-state index in [1.165, 1.54) is 0 Å². The summed E-state index contributed by atoms with van der Waals surface area (Å²) < 4.78 is 0. The number of aliphatic carboxylic acids is 1. The van der Waals surface area contributed by atoms with E-state index in [9.17, 15) is 4.79 Å². The van der Waals surface area contributed by atoms with Crippen LogP contribution in [0.3, 0.4) is 0 Å². The van der Waals surface area contributed by atoms with Gasteiger partial charge in [-0.25, -0.2) is 0 Å². The van der Waals surface area contributed by atoms with E-state index in [4.69, 9.17) is 5.11 Å². The smallest absolute Gasteiger partial charge is 0.306 e. The highest BCUT2D eigenvalue weighted by Crippen LogP contribution is 2.12. The van der Waals surface area contributed by atoms with Gasteiger partial charge in [0.05, 0.1) is 5.92 Å². The van der Waals surface area contributed by atoms with Crippen molar-refractivity contribution >= 4 is 5.97 Å². The van der Waals surface area contributed by atoms with Gasteiger partial charge in [0.2, 0.25) is 0 Å². The van der Waals surface area contributed by atoms with Gasteiger partial charge in [-0.2, -0.15) is 0 Å². The zero-order valence-corrected chi connectivity index (χ0v) is 9.55. The van der Waals surface area contributed by atoms with Gasteiger partial charge in [-0.1, -0.05) is 13.8 Å². The molecule has 0 bridgehead atoms. The first-order chi connectivity index (χ1) is 6.61. The lowest BCUT2D eigenvalue weighted by Crippen LogP contribution is -2.28. The summed E-state index contributed by atoms with van der Waals surface area (Å²) in [5.74, 6) is -0.823. The van der Waals surface area contributed by atoms with Crippen LogP contribution in [-0.4, -0.2) is 23.7 Å². The van der Waals surface area contributed by atoms with Crippen molar-refractivity contribution in [3.05, 3.63) is 0 Å². The minimum Gasteiger partial charge on any atom is -0.481 e. The van der Waals surface area contributed by atoms with E-state index in [1.54, 1.807) is 0 Å². The van der Waals surface area contributed by atoms with Gasteiger partial charge in [-0.15, -0.1) is 0 Å². The fourth-order valence-corrected chi connectivity index (χ4v) is 1.45. The predicted molar refractivity (Wildman–Crippen MR) is 58.4 cm³/mol. The molecule has 0 aromatic rings. The van der Waals surface area contributed by atoms with E-state index >= 15 is 0 Å². The molecule has 0 saturated carbocycles. The first-order valence-electron chi connectivity index (χ1n) is 5.57. The summed E-state index contributed by atoms with van der Waals surface area (Å²) in [5.41, 5.74) is 0. The normalized spacial score (nSPS) is 15.1. The van der Waals surface area contributed by atoms with Crippen LogP contribution in [-0.2, 0) is 4.79 Å². The van der Waals surface area contributed by atoms with Crippen molar-refractivity contribution in [2.24, 2.45) is 5.92 Å². The summed E-state index contributed by atoms with van der Waals surface area (Å²) in [4.78, 5) is 10.7. The third kappa shape index (κ3) is 5.97. The maximum atomic E-state index is 10.7. The van der Waals surface area contributed by atoms with Crippen LogP contribution in [0.2, 0.25) is 0 Å². The fraction of sp³-hybridized carbons (Fsp3) is 0.909. The molecule has 0 aliphatic rings. The summed E-state index contributed by atoms with van der Waals surface area (Å²) in [6, 6.07) is 0.434. The van der Waals surface area contributed by atoms with Crippen molar-refractivity contribution in [2.45, 2.75) is 52.5 Å². The number of carboxylic acids is 1. The zero-order chi connectivity index (χ0) is 11.0. The van der Waals surface area contributed by atoms with Gasteiger partial charge >= 0.3 is 5.97 Å². The Hall–Kier alpha value is -0.570. The topological polar surface area (TPSA) is 49.3 Å². The molecule has 0 radical (unpaired) electrons. The van der Waals surface area contributed by atoms with Crippen molar-refractivity contribution in [3.63, 3.8) is 0 Å². The van der Waals surface area contributed by atoms with Gasteiger partial charge in [0, 0.05) is 6.04 Å². The lowest BCUT2D eigenvalue weighted by Gasteiger charge is -2.15. The summed E-state index contributed by atoms with van der Waals surface area (Å²) in [7, 11) is 0. The van der Waals surface area contributed by atoms with E-state index in [0.29, 0.717) is 6.04 Å². The van der Waals surface area contributed by atoms with Crippen LogP contribution in [0.5, 0.6) is 0 Å². The molecule has 0 aromatic heterocycles. The third-order valence-corrected chi connectivity index (χ3v) is 2.53. The minimum atomic E-state index is -0.657. The zero-order valence-electron chi connectivity index (χ0n) is 9.55. The molecule has 0 saturated heterocycles. The molecule has 84 valence electrons. The van der Waals surface area contributed by atoms with Crippen molar-refractivity contribution in [3.8, 4) is 0 Å². The molecular weight excluding hydrogens is 178 g/mol. The lowest BCUT2D eigenvalue weighted by molar-refractivity contribution is -0.142. The molecule has 0 aliphatic carbocycles. The van der Waals surface area contributed by atoms with Gasteiger partial charge in [0.25, 0.3) is 0 Å². The van der Waals surface area contributed by atoms with Gasteiger partial charge in [0.1, 0.15) is 0 Å². The molecule has 2 atom stereocenters. The quantitative estimate of drug-likeness (QED) is 0.633. The highest BCUT2D eigenvalue weighted by atomic mass is 16.4. The summed E-state index contributed by atoms with van der Waals surface area (Å²) in [6.07, 6.45) is 3.59. The van der Waals surface area contributed by atoms with Crippen molar-refractivity contribution in [1.29, 1.82) is 0 Å². The first-order valence-corrected chi connectivity index (χ1v) is 5.57. The Morgan fingerprint density at radius 3 is 2.43 bits per heavy atom. The average Bonchev–Trinajstić information content (AvgIpc) is 2.15. The fourth-order valence-electron chi connectivity index (χ4n) is 1.45. The highest BCUT2D eigenvalue weighted by molar-refractivity contribution is 5.69. The molecule has 2 N–H and O–H groups in total. The van der Waals surface area contributed by atoms with Crippen molar-refractivity contribution in [1.82, 2.24) is 5.32 Å². The van der Waals surface area contributed by atoms with Crippen molar-refractivity contribution in [2.75, 3.05) is 6.54 Å². The minimum absolute atomic E-state index is 0.166. The van der Waals surface area contributed by atoms with E-state index in [1.807, 2.05) is 6.92 Å². The van der Waals surface area contributed by atoms with Crippen LogP contribution in [0, 0.1) is 5.92 Å². The lowest BCUT2D eigenvalue weighted by atomic mass is 9.98. The van der Waals surface area contributed by atoms with Crippen LogP contribution in [0.1, 0.15) is 46.5 Å². The molecule has 0 rings (SSSR count). The molecule has 0 amide bonds. The molecule has 0 heterocycles. The van der Waals surface area contributed by atoms with E-state index in [-0.39, 0.29) is 5.92 Å². The predicted octanol–water partition coefficient (Wildman–Crippen LogP) is 2.27. The van der Waals surface area contributed by atoms with E-state index in [2.05, 4.69) is 19.2 Å². The standard InChI is InChI=1S/C11H23NO2/c1-4-8-12-9(3)6-7-10(5-2)11(13)14/h9-10,12H,4-8H2,1-3H3,(H,13,14). The highest BCUT2D eigenvalue weighted by Gasteiger charge is 2.15. The van der Waals surface area contributed by atoms with E-state index < -0.39 is 5.97 Å². The Balaban J connectivity index is 3.62. The number of hydrogen-bond acceptors (Lipinski definition) is 2. The SMILES string of the molecule is CCCNC(C)CCC(CC)C(=O)O. The number of carboxylic acid groups (broad SMARTS) is 1. The van der Waals surface area contributed by atoms with Gasteiger partial charge in [0.15, 0.2) is 0 Å². The van der Waals surface area contributed by atoms with Crippen LogP contribution in [0.4, 0.5) is 0 Å². The molecule has 14 heavy (non-hydrogen) atoms. The van der Waals surface area contributed by atoms with Gasteiger partial charge in [-0.3, -0.25) is 4.79 Å². The summed E-state index contributed by atoms with van der Waals surface area (Å²) in [6.45, 7) is 7.20. The Kier molecular flexibility index (Phi) is 7.48. The Morgan fingerprint density at radius 1 is 1.36 bits per heavy atom. The molecule has 0 aromatic carbocycles. The molecule has 0 fully saturated rings. The van der Waals surface area contributed by atoms with Crippen LogP contribution < -0.4 is 5.32 Å². The number of carbonyl (C=O) groups is 1.